The summed E-state index contributed by atoms with van der Waals surface area (Å²) in [6, 6.07) is 8.96. The summed E-state index contributed by atoms with van der Waals surface area (Å²) in [5, 5.41) is 1.35. The molecule has 0 bridgehead atoms. The average molecular weight is 294 g/mol. The number of nitrogens with zero attached hydrogens (tertiary/aromatic N) is 1. The number of rotatable bonds is 5. The van der Waals surface area contributed by atoms with Gasteiger partial charge in [0, 0.05) is 43.3 Å². The highest BCUT2D eigenvalue weighted by atomic mass is 32.2. The molecule has 0 aromatic heterocycles. The monoisotopic (exact) mass is 294 g/mol. The van der Waals surface area contributed by atoms with Gasteiger partial charge in [0.25, 0.3) is 0 Å². The van der Waals surface area contributed by atoms with Gasteiger partial charge in [-0.3, -0.25) is 4.90 Å². The number of ether oxygens (including phenoxy) is 1. The van der Waals surface area contributed by atoms with E-state index < -0.39 is 0 Å². The van der Waals surface area contributed by atoms with Gasteiger partial charge in [0.15, 0.2) is 0 Å². The molecule has 1 aromatic carbocycles. The van der Waals surface area contributed by atoms with Crippen molar-refractivity contribution in [2.75, 3.05) is 26.7 Å². The van der Waals surface area contributed by atoms with E-state index in [-0.39, 0.29) is 0 Å². The summed E-state index contributed by atoms with van der Waals surface area (Å²) in [5.74, 6) is 0. The Balaban J connectivity index is 2.16. The minimum Gasteiger partial charge on any atom is -0.380 e. The second-order valence-electron chi connectivity index (χ2n) is 5.64. The maximum absolute atomic E-state index is 6.07. The van der Waals surface area contributed by atoms with Crippen LogP contribution < -0.4 is 5.73 Å². The van der Waals surface area contributed by atoms with E-state index in [4.69, 9.17) is 10.5 Å². The molecule has 1 aliphatic heterocycles. The van der Waals surface area contributed by atoms with Crippen LogP contribution in [-0.4, -0.2) is 42.1 Å². The minimum absolute atomic E-state index is 0.317. The van der Waals surface area contributed by atoms with E-state index in [9.17, 15) is 0 Å². The SMILES string of the molecule is COCc1cccc(C(CN)N2CC(C)SC(C)C2)c1. The molecule has 3 atom stereocenters. The summed E-state index contributed by atoms with van der Waals surface area (Å²) in [4.78, 5) is 2.54. The van der Waals surface area contributed by atoms with E-state index in [1.807, 2.05) is 0 Å². The van der Waals surface area contributed by atoms with Crippen LogP contribution in [0, 0.1) is 0 Å². The molecule has 1 aromatic rings. The average Bonchev–Trinajstić information content (AvgIpc) is 2.39. The number of thioether (sulfide) groups is 1. The molecule has 20 heavy (non-hydrogen) atoms. The van der Waals surface area contributed by atoms with Gasteiger partial charge < -0.3 is 10.5 Å². The fourth-order valence-corrected chi connectivity index (χ4v) is 4.37. The highest BCUT2D eigenvalue weighted by molar-refractivity contribution is 8.00. The Kier molecular flexibility index (Phi) is 5.90. The lowest BCUT2D eigenvalue weighted by molar-refractivity contribution is 0.183. The van der Waals surface area contributed by atoms with Crippen molar-refractivity contribution in [3.63, 3.8) is 0 Å². The van der Waals surface area contributed by atoms with Crippen molar-refractivity contribution in [1.82, 2.24) is 4.90 Å². The normalized spacial score (nSPS) is 25.6. The topological polar surface area (TPSA) is 38.5 Å². The van der Waals surface area contributed by atoms with Crippen LogP contribution in [0.15, 0.2) is 24.3 Å². The largest absolute Gasteiger partial charge is 0.380 e. The summed E-state index contributed by atoms with van der Waals surface area (Å²) in [5.41, 5.74) is 8.60. The number of nitrogens with two attached hydrogens (primary N) is 1. The molecule has 1 aliphatic rings. The summed E-state index contributed by atoms with van der Waals surface area (Å²) in [7, 11) is 1.73. The fraction of sp³-hybridized carbons (Fsp3) is 0.625. The first-order valence-corrected chi connectivity index (χ1v) is 8.25. The second kappa shape index (κ2) is 7.46. The van der Waals surface area contributed by atoms with Crippen molar-refractivity contribution in [2.45, 2.75) is 37.0 Å². The van der Waals surface area contributed by atoms with E-state index in [1.54, 1.807) is 7.11 Å². The molecule has 0 amide bonds. The second-order valence-corrected chi connectivity index (χ2v) is 7.52. The standard InChI is InChI=1S/C16H26N2OS/c1-12-9-18(10-13(2)20-12)16(8-17)15-6-4-5-14(7-15)11-19-3/h4-7,12-13,16H,8-11,17H2,1-3H3. The molecule has 1 heterocycles. The van der Waals surface area contributed by atoms with Crippen molar-refractivity contribution in [2.24, 2.45) is 5.73 Å². The number of hydrogen-bond acceptors (Lipinski definition) is 4. The van der Waals surface area contributed by atoms with Crippen LogP contribution in [0.2, 0.25) is 0 Å². The number of methoxy groups -OCH3 is 1. The maximum Gasteiger partial charge on any atom is 0.0713 e. The van der Waals surface area contributed by atoms with Gasteiger partial charge in [-0.25, -0.2) is 0 Å². The first kappa shape index (κ1) is 15.8. The predicted octanol–water partition coefficient (Wildman–Crippen LogP) is 2.66. The van der Waals surface area contributed by atoms with Crippen LogP contribution in [-0.2, 0) is 11.3 Å². The Morgan fingerprint density at radius 2 is 2.05 bits per heavy atom. The van der Waals surface area contributed by atoms with Gasteiger partial charge in [0.05, 0.1) is 6.61 Å². The molecule has 112 valence electrons. The van der Waals surface area contributed by atoms with E-state index in [2.05, 4.69) is 54.8 Å². The zero-order valence-electron chi connectivity index (χ0n) is 12.7. The zero-order chi connectivity index (χ0) is 14.5. The molecule has 2 N–H and O–H groups in total. The van der Waals surface area contributed by atoms with E-state index in [0.717, 1.165) is 13.1 Å². The van der Waals surface area contributed by atoms with Crippen molar-refractivity contribution in [1.29, 1.82) is 0 Å². The lowest BCUT2D eigenvalue weighted by atomic mass is 10.0. The van der Waals surface area contributed by atoms with Gasteiger partial charge in [0.1, 0.15) is 0 Å². The lowest BCUT2D eigenvalue weighted by Gasteiger charge is -2.39. The molecule has 0 aliphatic carbocycles. The molecule has 0 spiro atoms. The van der Waals surface area contributed by atoms with Crippen molar-refractivity contribution in [3.05, 3.63) is 35.4 Å². The molecule has 0 radical (unpaired) electrons. The highest BCUT2D eigenvalue weighted by Crippen LogP contribution is 2.30. The van der Waals surface area contributed by atoms with Crippen LogP contribution in [0.3, 0.4) is 0 Å². The Hall–Kier alpha value is -0.550. The van der Waals surface area contributed by atoms with Crippen LogP contribution in [0.4, 0.5) is 0 Å². The zero-order valence-corrected chi connectivity index (χ0v) is 13.5. The summed E-state index contributed by atoms with van der Waals surface area (Å²) < 4.78 is 5.23. The molecular formula is C16H26N2OS. The molecule has 1 fully saturated rings. The molecule has 2 rings (SSSR count). The van der Waals surface area contributed by atoms with Crippen LogP contribution >= 0.6 is 11.8 Å². The molecule has 1 saturated heterocycles. The third-order valence-corrected chi connectivity index (χ3v) is 4.99. The van der Waals surface area contributed by atoms with Gasteiger partial charge in [-0.05, 0) is 11.1 Å². The third kappa shape index (κ3) is 3.98. The van der Waals surface area contributed by atoms with Crippen LogP contribution in [0.25, 0.3) is 0 Å². The van der Waals surface area contributed by atoms with Gasteiger partial charge in [0.2, 0.25) is 0 Å². The van der Waals surface area contributed by atoms with Gasteiger partial charge in [-0.2, -0.15) is 11.8 Å². The molecule has 0 saturated carbocycles. The molecular weight excluding hydrogens is 268 g/mol. The first-order chi connectivity index (χ1) is 9.63. The van der Waals surface area contributed by atoms with Gasteiger partial charge in [-0.15, -0.1) is 0 Å². The smallest absolute Gasteiger partial charge is 0.0713 e. The van der Waals surface area contributed by atoms with Gasteiger partial charge in [-0.1, -0.05) is 38.1 Å². The van der Waals surface area contributed by atoms with Crippen molar-refractivity contribution >= 4 is 11.8 Å². The Morgan fingerprint density at radius 3 is 2.65 bits per heavy atom. The first-order valence-electron chi connectivity index (χ1n) is 7.31. The van der Waals surface area contributed by atoms with Gasteiger partial charge >= 0.3 is 0 Å². The van der Waals surface area contributed by atoms with E-state index in [0.29, 0.717) is 29.7 Å². The third-order valence-electron chi connectivity index (χ3n) is 3.76. The number of hydrogen-bond donors (Lipinski definition) is 1. The Labute approximate surface area is 126 Å². The molecule has 3 unspecified atom stereocenters. The number of benzene rings is 1. The maximum atomic E-state index is 6.07. The summed E-state index contributed by atoms with van der Waals surface area (Å²) in [6.07, 6.45) is 0. The van der Waals surface area contributed by atoms with E-state index in [1.165, 1.54) is 11.1 Å². The van der Waals surface area contributed by atoms with Crippen LogP contribution in [0.1, 0.15) is 31.0 Å². The van der Waals surface area contributed by atoms with Crippen LogP contribution in [0.5, 0.6) is 0 Å². The molecule has 4 heteroatoms. The minimum atomic E-state index is 0.317. The molecule has 3 nitrogen and oxygen atoms in total. The predicted molar refractivity (Wildman–Crippen MR) is 87.0 cm³/mol. The quantitative estimate of drug-likeness (QED) is 0.906. The lowest BCUT2D eigenvalue weighted by Crippen LogP contribution is -2.44. The Bertz CT molecular complexity index is 417. The van der Waals surface area contributed by atoms with Crippen molar-refractivity contribution in [3.8, 4) is 0 Å². The Morgan fingerprint density at radius 1 is 1.35 bits per heavy atom. The summed E-state index contributed by atoms with van der Waals surface area (Å²) in [6.45, 7) is 8.18. The van der Waals surface area contributed by atoms with E-state index >= 15 is 0 Å². The fourth-order valence-electron chi connectivity index (χ4n) is 3.02. The summed E-state index contributed by atoms with van der Waals surface area (Å²) >= 11 is 2.08. The van der Waals surface area contributed by atoms with Crippen molar-refractivity contribution < 1.29 is 4.74 Å². The highest BCUT2D eigenvalue weighted by Gasteiger charge is 2.28.